The maximum Gasteiger partial charge on any atom is 0.269 e. The normalized spacial score (nSPS) is 12.0. The summed E-state index contributed by atoms with van der Waals surface area (Å²) in [5.41, 5.74) is 0.804. The molecule has 1 unspecified atom stereocenters. The van der Waals surface area contributed by atoms with Gasteiger partial charge in [0.05, 0.1) is 9.85 Å². The summed E-state index contributed by atoms with van der Waals surface area (Å²) in [6, 6.07) is 10.1. The summed E-state index contributed by atoms with van der Waals surface area (Å²) in [6.45, 7) is -0.485. The third kappa shape index (κ3) is 4.89. The van der Waals surface area contributed by atoms with Crippen LogP contribution >= 0.6 is 0 Å². The minimum atomic E-state index is -0.828. The predicted octanol–water partition coefficient (Wildman–Crippen LogP) is 2.94. The van der Waals surface area contributed by atoms with E-state index < -0.39 is 27.4 Å². The van der Waals surface area contributed by atoms with Crippen molar-refractivity contribution in [2.24, 2.45) is 4.99 Å². The standard InChI is InChI=1S/C15H12N4O6/c20-17(21)10-15(12-3-7-14(8-4-12)19(24)25)16-9-11-1-5-13(6-2-11)18(22)23/h1-9,15H,10H2. The molecule has 0 fully saturated rings. The zero-order valence-electron chi connectivity index (χ0n) is 12.7. The second-order valence-electron chi connectivity index (χ2n) is 5.01. The Balaban J connectivity index is 2.23. The van der Waals surface area contributed by atoms with Crippen molar-refractivity contribution >= 4 is 17.6 Å². The second kappa shape index (κ2) is 7.73. The lowest BCUT2D eigenvalue weighted by Gasteiger charge is -2.08. The molecule has 2 aromatic carbocycles. The van der Waals surface area contributed by atoms with Crippen LogP contribution in [0.4, 0.5) is 11.4 Å². The summed E-state index contributed by atoms with van der Waals surface area (Å²) < 4.78 is 0. The Morgan fingerprint density at radius 3 is 1.76 bits per heavy atom. The van der Waals surface area contributed by atoms with Crippen LogP contribution in [-0.4, -0.2) is 27.5 Å². The highest BCUT2D eigenvalue weighted by atomic mass is 16.6. The number of rotatable bonds is 7. The number of nitro groups is 3. The number of non-ortho nitro benzene ring substituents is 2. The van der Waals surface area contributed by atoms with E-state index in [4.69, 9.17) is 0 Å². The number of hydrogen-bond donors (Lipinski definition) is 0. The predicted molar refractivity (Wildman–Crippen MR) is 88.4 cm³/mol. The quantitative estimate of drug-likeness (QED) is 0.429. The van der Waals surface area contributed by atoms with Gasteiger partial charge in [0.25, 0.3) is 11.4 Å². The largest absolute Gasteiger partial charge is 0.278 e. The van der Waals surface area contributed by atoms with Gasteiger partial charge in [-0.1, -0.05) is 0 Å². The van der Waals surface area contributed by atoms with Gasteiger partial charge in [-0.3, -0.25) is 35.3 Å². The first-order valence-corrected chi connectivity index (χ1v) is 7.00. The number of hydrogen-bond acceptors (Lipinski definition) is 7. The van der Waals surface area contributed by atoms with Crippen LogP contribution in [0.3, 0.4) is 0 Å². The fraction of sp³-hybridized carbons (Fsp3) is 0.133. The Morgan fingerprint density at radius 2 is 1.32 bits per heavy atom. The van der Waals surface area contributed by atoms with Crippen molar-refractivity contribution in [2.45, 2.75) is 6.04 Å². The Morgan fingerprint density at radius 1 is 0.840 bits per heavy atom. The average Bonchev–Trinajstić information content (AvgIpc) is 2.58. The molecule has 128 valence electrons. The van der Waals surface area contributed by atoms with Crippen LogP contribution in [0.5, 0.6) is 0 Å². The Labute approximate surface area is 140 Å². The van der Waals surface area contributed by atoms with Gasteiger partial charge < -0.3 is 0 Å². The van der Waals surface area contributed by atoms with E-state index >= 15 is 0 Å². The molecular weight excluding hydrogens is 332 g/mol. The van der Waals surface area contributed by atoms with E-state index in [1.807, 2.05) is 0 Å². The smallest absolute Gasteiger partial charge is 0.269 e. The Bertz CT molecular complexity index is 817. The molecule has 0 bridgehead atoms. The first kappa shape index (κ1) is 17.7. The van der Waals surface area contributed by atoms with Crippen LogP contribution < -0.4 is 0 Å². The molecule has 25 heavy (non-hydrogen) atoms. The molecular formula is C15H12N4O6. The summed E-state index contributed by atoms with van der Waals surface area (Å²) in [7, 11) is 0. The third-order valence-electron chi connectivity index (χ3n) is 3.32. The highest BCUT2D eigenvalue weighted by molar-refractivity contribution is 5.80. The van der Waals surface area contributed by atoms with Crippen LogP contribution in [-0.2, 0) is 0 Å². The highest BCUT2D eigenvalue weighted by Gasteiger charge is 2.17. The van der Waals surface area contributed by atoms with E-state index in [0.29, 0.717) is 11.1 Å². The molecule has 10 heteroatoms. The molecule has 1 atom stereocenters. The monoisotopic (exact) mass is 344 g/mol. The van der Waals surface area contributed by atoms with Crippen molar-refractivity contribution in [3.8, 4) is 0 Å². The molecule has 0 spiro atoms. The lowest BCUT2D eigenvalue weighted by molar-refractivity contribution is -0.483. The summed E-state index contributed by atoms with van der Waals surface area (Å²) in [6.07, 6.45) is 1.37. The number of nitrogens with zero attached hydrogens (tertiary/aromatic N) is 4. The summed E-state index contributed by atoms with van der Waals surface area (Å²) in [4.78, 5) is 34.6. The van der Waals surface area contributed by atoms with Crippen LogP contribution in [0.2, 0.25) is 0 Å². The van der Waals surface area contributed by atoms with Gasteiger partial charge in [0.2, 0.25) is 6.54 Å². The summed E-state index contributed by atoms with van der Waals surface area (Å²) in [5.74, 6) is 0. The molecule has 2 aromatic rings. The lowest BCUT2D eigenvalue weighted by atomic mass is 10.1. The van der Waals surface area contributed by atoms with Crippen molar-refractivity contribution in [1.29, 1.82) is 0 Å². The molecule has 0 radical (unpaired) electrons. The van der Waals surface area contributed by atoms with Crippen LogP contribution in [0, 0.1) is 30.3 Å². The van der Waals surface area contributed by atoms with Gasteiger partial charge in [0.15, 0.2) is 0 Å². The maximum absolute atomic E-state index is 10.8. The Hall–Kier alpha value is -3.69. The number of aliphatic imine (C=N–C) groups is 1. The van der Waals surface area contributed by atoms with E-state index in [-0.39, 0.29) is 11.4 Å². The fourth-order valence-corrected chi connectivity index (χ4v) is 2.06. The average molecular weight is 344 g/mol. The minimum Gasteiger partial charge on any atom is -0.278 e. The molecule has 0 amide bonds. The minimum absolute atomic E-state index is 0.0747. The van der Waals surface area contributed by atoms with Crippen molar-refractivity contribution in [3.05, 3.63) is 90.0 Å². The van der Waals surface area contributed by atoms with Gasteiger partial charge in [-0.2, -0.15) is 0 Å². The topological polar surface area (TPSA) is 142 Å². The van der Waals surface area contributed by atoms with Gasteiger partial charge in [-0.05, 0) is 35.4 Å². The second-order valence-corrected chi connectivity index (χ2v) is 5.01. The highest BCUT2D eigenvalue weighted by Crippen LogP contribution is 2.21. The van der Waals surface area contributed by atoms with Gasteiger partial charge in [-0.25, -0.2) is 0 Å². The zero-order valence-corrected chi connectivity index (χ0v) is 12.7. The zero-order chi connectivity index (χ0) is 18.4. The van der Waals surface area contributed by atoms with Crippen molar-refractivity contribution in [3.63, 3.8) is 0 Å². The van der Waals surface area contributed by atoms with Crippen LogP contribution in [0.15, 0.2) is 53.5 Å². The van der Waals surface area contributed by atoms with Gasteiger partial charge in [0, 0.05) is 35.4 Å². The number of nitro benzene ring substituents is 2. The first-order valence-electron chi connectivity index (χ1n) is 7.00. The third-order valence-corrected chi connectivity index (χ3v) is 3.32. The molecule has 0 saturated carbocycles. The van der Waals surface area contributed by atoms with Crippen LogP contribution in [0.25, 0.3) is 0 Å². The van der Waals surface area contributed by atoms with E-state index in [1.165, 1.54) is 54.7 Å². The summed E-state index contributed by atoms with van der Waals surface area (Å²) >= 11 is 0. The molecule has 0 aliphatic heterocycles. The van der Waals surface area contributed by atoms with E-state index in [2.05, 4.69) is 4.99 Å². The van der Waals surface area contributed by atoms with Gasteiger partial charge in [0.1, 0.15) is 6.04 Å². The van der Waals surface area contributed by atoms with E-state index in [9.17, 15) is 30.3 Å². The SMILES string of the molecule is O=[N+]([O-])CC(N=Cc1ccc([N+](=O)[O-])cc1)c1ccc([N+](=O)[O-])cc1. The molecule has 0 aromatic heterocycles. The summed E-state index contributed by atoms with van der Waals surface area (Å²) in [5, 5.41) is 32.1. The molecule has 0 aliphatic carbocycles. The van der Waals surface area contributed by atoms with Crippen molar-refractivity contribution in [2.75, 3.05) is 6.54 Å². The fourth-order valence-electron chi connectivity index (χ4n) is 2.06. The van der Waals surface area contributed by atoms with Gasteiger partial charge >= 0.3 is 0 Å². The Kier molecular flexibility index (Phi) is 5.46. The number of benzene rings is 2. The molecule has 2 rings (SSSR count). The first-order chi connectivity index (χ1) is 11.9. The van der Waals surface area contributed by atoms with Gasteiger partial charge in [-0.15, -0.1) is 0 Å². The van der Waals surface area contributed by atoms with Crippen LogP contribution in [0.1, 0.15) is 17.2 Å². The van der Waals surface area contributed by atoms with Crippen molar-refractivity contribution < 1.29 is 14.8 Å². The molecule has 0 saturated heterocycles. The molecule has 0 N–H and O–H groups in total. The molecule has 0 heterocycles. The van der Waals surface area contributed by atoms with E-state index in [0.717, 1.165) is 0 Å². The lowest BCUT2D eigenvalue weighted by Crippen LogP contribution is -2.11. The molecule has 0 aliphatic rings. The van der Waals surface area contributed by atoms with E-state index in [1.54, 1.807) is 0 Å². The maximum atomic E-state index is 10.8. The molecule has 10 nitrogen and oxygen atoms in total. The van der Waals surface area contributed by atoms with Crippen molar-refractivity contribution in [1.82, 2.24) is 0 Å².